The third-order valence-electron chi connectivity index (χ3n) is 1.75. The van der Waals surface area contributed by atoms with Crippen molar-refractivity contribution < 1.29 is 4.79 Å². The Morgan fingerprint density at radius 3 is 2.22 bits per heavy atom. The predicted molar refractivity (Wildman–Crippen MR) is 38.1 cm³/mol. The zero-order chi connectivity index (χ0) is 7.44. The molecule has 0 amide bonds. The summed E-state index contributed by atoms with van der Waals surface area (Å²) in [6.07, 6.45) is 0.876. The minimum absolute atomic E-state index is 0.0231. The van der Waals surface area contributed by atoms with E-state index >= 15 is 0 Å². The van der Waals surface area contributed by atoms with Crippen molar-refractivity contribution in [3.63, 3.8) is 0 Å². The van der Waals surface area contributed by atoms with E-state index < -0.39 is 0 Å². The van der Waals surface area contributed by atoms with Crippen molar-refractivity contribution in [1.29, 1.82) is 0 Å². The summed E-state index contributed by atoms with van der Waals surface area (Å²) in [5.74, 6) is 0.208. The summed E-state index contributed by atoms with van der Waals surface area (Å²) >= 11 is 0. The normalized spacial score (nSPS) is 16.9. The minimum atomic E-state index is 0.0231. The van der Waals surface area contributed by atoms with Crippen LogP contribution in [0.4, 0.5) is 0 Å². The molecule has 0 aliphatic carbocycles. The predicted octanol–water partition coefficient (Wildman–Crippen LogP) is 0.949. The van der Waals surface area contributed by atoms with Gasteiger partial charge >= 0.3 is 0 Å². The Balaban J connectivity index is 3.72. The third-order valence-corrected chi connectivity index (χ3v) is 1.75. The van der Waals surface area contributed by atoms with Crippen LogP contribution < -0.4 is 5.73 Å². The highest BCUT2D eigenvalue weighted by Gasteiger charge is 2.13. The van der Waals surface area contributed by atoms with Crippen LogP contribution in [0.3, 0.4) is 0 Å². The molecule has 0 rings (SSSR count). The van der Waals surface area contributed by atoms with E-state index in [1.165, 1.54) is 0 Å². The lowest BCUT2D eigenvalue weighted by Gasteiger charge is -2.13. The Morgan fingerprint density at radius 1 is 1.67 bits per heavy atom. The van der Waals surface area contributed by atoms with Gasteiger partial charge in [-0.25, -0.2) is 0 Å². The van der Waals surface area contributed by atoms with Gasteiger partial charge in [-0.2, -0.15) is 0 Å². The van der Waals surface area contributed by atoms with E-state index in [0.717, 1.165) is 6.42 Å². The zero-order valence-corrected chi connectivity index (χ0v) is 6.35. The van der Waals surface area contributed by atoms with Crippen molar-refractivity contribution in [3.05, 3.63) is 0 Å². The first-order valence-electron chi connectivity index (χ1n) is 3.35. The van der Waals surface area contributed by atoms with Crippen LogP contribution in [-0.4, -0.2) is 11.8 Å². The lowest BCUT2D eigenvalue weighted by atomic mass is 9.97. The van der Waals surface area contributed by atoms with Crippen LogP contribution in [0.2, 0.25) is 0 Å². The molecule has 0 spiro atoms. The molecule has 2 nitrogen and oxygen atoms in total. The first kappa shape index (κ1) is 8.63. The number of hydrogen-bond donors (Lipinski definition) is 1. The smallest absolute Gasteiger partial charge is 0.134 e. The fourth-order valence-electron chi connectivity index (χ4n) is 0.655. The minimum Gasteiger partial charge on any atom is -0.327 e. The monoisotopic (exact) mass is 129 g/mol. The van der Waals surface area contributed by atoms with Gasteiger partial charge in [-0.05, 0) is 13.3 Å². The average Bonchev–Trinajstić information content (AvgIpc) is 1.84. The van der Waals surface area contributed by atoms with Gasteiger partial charge in [0.1, 0.15) is 5.78 Å². The Bertz CT molecular complexity index is 101. The van der Waals surface area contributed by atoms with Gasteiger partial charge in [-0.15, -0.1) is 0 Å². The second-order valence-electron chi connectivity index (χ2n) is 2.47. The molecule has 54 valence electrons. The second kappa shape index (κ2) is 3.62. The summed E-state index contributed by atoms with van der Waals surface area (Å²) in [5, 5.41) is 0. The fourth-order valence-corrected chi connectivity index (χ4v) is 0.655. The number of ketones is 1. The number of carbonyl (C=O) groups is 1. The molecular formula is C7H15NO. The van der Waals surface area contributed by atoms with Crippen molar-refractivity contribution >= 4 is 5.78 Å². The molecule has 0 aliphatic rings. The molecule has 0 aromatic heterocycles. The molecule has 0 aromatic rings. The first-order valence-corrected chi connectivity index (χ1v) is 3.35. The molecule has 0 saturated heterocycles. The molecule has 0 heterocycles. The standard InChI is InChI=1S/C7H15NO/c1-4-7(8)5(2)6(3)9/h5,7H,4,8H2,1-3H3/t5-,7+/m0/s1. The van der Waals surface area contributed by atoms with E-state index in [1.54, 1.807) is 6.92 Å². The molecule has 0 aliphatic heterocycles. The van der Waals surface area contributed by atoms with E-state index in [2.05, 4.69) is 0 Å². The van der Waals surface area contributed by atoms with Crippen molar-refractivity contribution in [2.75, 3.05) is 0 Å². The van der Waals surface area contributed by atoms with Gasteiger partial charge in [0.05, 0.1) is 0 Å². The van der Waals surface area contributed by atoms with Gasteiger partial charge in [-0.1, -0.05) is 13.8 Å². The number of rotatable bonds is 3. The number of Topliss-reactive ketones (excluding diaryl/α,β-unsaturated/α-hetero) is 1. The van der Waals surface area contributed by atoms with E-state index in [9.17, 15) is 4.79 Å². The number of nitrogens with two attached hydrogens (primary N) is 1. The lowest BCUT2D eigenvalue weighted by molar-refractivity contribution is -0.120. The van der Waals surface area contributed by atoms with Gasteiger partial charge in [0.2, 0.25) is 0 Å². The largest absolute Gasteiger partial charge is 0.327 e. The molecule has 0 fully saturated rings. The summed E-state index contributed by atoms with van der Waals surface area (Å²) in [7, 11) is 0. The Morgan fingerprint density at radius 2 is 2.11 bits per heavy atom. The second-order valence-corrected chi connectivity index (χ2v) is 2.47. The summed E-state index contributed by atoms with van der Waals surface area (Å²) in [4.78, 5) is 10.7. The molecule has 2 atom stereocenters. The molecule has 0 saturated carbocycles. The SMILES string of the molecule is CC[C@@H](N)[C@@H](C)C(C)=O. The quantitative estimate of drug-likeness (QED) is 0.616. The van der Waals surface area contributed by atoms with Gasteiger partial charge in [0.25, 0.3) is 0 Å². The molecule has 0 bridgehead atoms. The van der Waals surface area contributed by atoms with Gasteiger partial charge < -0.3 is 5.73 Å². The highest BCUT2D eigenvalue weighted by atomic mass is 16.1. The van der Waals surface area contributed by atoms with Crippen molar-refractivity contribution in [1.82, 2.24) is 0 Å². The Hall–Kier alpha value is -0.370. The van der Waals surface area contributed by atoms with Crippen LogP contribution >= 0.6 is 0 Å². The summed E-state index contributed by atoms with van der Waals surface area (Å²) in [5.41, 5.74) is 5.60. The van der Waals surface area contributed by atoms with E-state index in [1.807, 2.05) is 13.8 Å². The molecule has 0 radical (unpaired) electrons. The van der Waals surface area contributed by atoms with Gasteiger partial charge in [0, 0.05) is 12.0 Å². The maximum Gasteiger partial charge on any atom is 0.134 e. The van der Waals surface area contributed by atoms with Crippen LogP contribution in [0.25, 0.3) is 0 Å². The van der Waals surface area contributed by atoms with Crippen molar-refractivity contribution in [2.24, 2.45) is 11.7 Å². The zero-order valence-electron chi connectivity index (χ0n) is 6.35. The molecule has 0 aromatic carbocycles. The number of carbonyl (C=O) groups excluding carboxylic acids is 1. The lowest BCUT2D eigenvalue weighted by Crippen LogP contribution is -2.31. The summed E-state index contributed by atoms with van der Waals surface area (Å²) in [6.45, 7) is 5.45. The Kier molecular flexibility index (Phi) is 3.47. The van der Waals surface area contributed by atoms with Crippen LogP contribution in [0, 0.1) is 5.92 Å². The van der Waals surface area contributed by atoms with Crippen LogP contribution in [0.15, 0.2) is 0 Å². The van der Waals surface area contributed by atoms with Crippen molar-refractivity contribution in [2.45, 2.75) is 33.2 Å². The Labute approximate surface area is 56.4 Å². The van der Waals surface area contributed by atoms with E-state index in [0.29, 0.717) is 0 Å². The summed E-state index contributed by atoms with van der Waals surface area (Å²) < 4.78 is 0. The number of hydrogen-bond acceptors (Lipinski definition) is 2. The maximum atomic E-state index is 10.7. The van der Waals surface area contributed by atoms with Crippen LogP contribution in [0.1, 0.15) is 27.2 Å². The third kappa shape index (κ3) is 2.61. The maximum absolute atomic E-state index is 10.7. The molecule has 2 N–H and O–H groups in total. The van der Waals surface area contributed by atoms with Crippen molar-refractivity contribution in [3.8, 4) is 0 Å². The van der Waals surface area contributed by atoms with Crippen LogP contribution in [0.5, 0.6) is 0 Å². The highest BCUT2D eigenvalue weighted by molar-refractivity contribution is 5.78. The van der Waals surface area contributed by atoms with E-state index in [4.69, 9.17) is 5.73 Å². The molecule has 0 unspecified atom stereocenters. The molecular weight excluding hydrogens is 114 g/mol. The topological polar surface area (TPSA) is 43.1 Å². The first-order chi connectivity index (χ1) is 4.09. The summed E-state index contributed by atoms with van der Waals surface area (Å²) in [6, 6.07) is 0.0440. The average molecular weight is 129 g/mol. The fraction of sp³-hybridized carbons (Fsp3) is 0.857. The molecule has 9 heavy (non-hydrogen) atoms. The van der Waals surface area contributed by atoms with Gasteiger partial charge in [0.15, 0.2) is 0 Å². The molecule has 2 heteroatoms. The van der Waals surface area contributed by atoms with E-state index in [-0.39, 0.29) is 17.7 Å². The van der Waals surface area contributed by atoms with Crippen LogP contribution in [-0.2, 0) is 4.79 Å². The van der Waals surface area contributed by atoms with Gasteiger partial charge in [-0.3, -0.25) is 4.79 Å². The highest BCUT2D eigenvalue weighted by Crippen LogP contribution is 2.03.